The van der Waals surface area contributed by atoms with Gasteiger partial charge in [-0.05, 0) is 31.4 Å². The summed E-state index contributed by atoms with van der Waals surface area (Å²) in [5.74, 6) is 0. The third kappa shape index (κ3) is 2.47. The third-order valence-corrected chi connectivity index (χ3v) is 3.20. The van der Waals surface area contributed by atoms with Crippen molar-refractivity contribution < 1.29 is 21.1 Å². The minimum Gasteiger partial charge on any atom is -0.332 e. The monoisotopic (exact) mass is 411 g/mol. The Morgan fingerprint density at radius 1 is 1.06 bits per heavy atom. The van der Waals surface area contributed by atoms with Crippen molar-refractivity contribution >= 4 is 0 Å². The first-order chi connectivity index (χ1) is 7.95. The molecule has 4 nitrogen and oxygen atoms in total. The standard InChI is InChI=1S/C12H16N4.Pt/c1-2-9-16(15-10-6-13-11-15)12(5-1)14-7-3-4-8-14;/h3-4,6-8,10-12H,1-2,5,9H2;. The summed E-state index contributed by atoms with van der Waals surface area (Å²) in [5.41, 5.74) is 0. The van der Waals surface area contributed by atoms with Crippen molar-refractivity contribution in [2.45, 2.75) is 25.4 Å². The zero-order valence-electron chi connectivity index (χ0n) is 9.55. The van der Waals surface area contributed by atoms with E-state index >= 15 is 0 Å². The third-order valence-electron chi connectivity index (χ3n) is 3.20. The minimum atomic E-state index is 0. The van der Waals surface area contributed by atoms with Crippen LogP contribution < -0.4 is 5.01 Å². The van der Waals surface area contributed by atoms with Crippen LogP contribution in [0.2, 0.25) is 0 Å². The number of rotatable bonds is 2. The summed E-state index contributed by atoms with van der Waals surface area (Å²) in [7, 11) is 0. The van der Waals surface area contributed by atoms with Crippen molar-refractivity contribution in [3.63, 3.8) is 0 Å². The Hall–Kier alpha value is -1.02. The molecule has 0 spiro atoms. The van der Waals surface area contributed by atoms with Gasteiger partial charge in [0.1, 0.15) is 12.5 Å². The first-order valence-corrected chi connectivity index (χ1v) is 5.82. The summed E-state index contributed by atoms with van der Waals surface area (Å²) in [4.78, 5) is 4.13. The molecule has 0 aliphatic carbocycles. The smallest absolute Gasteiger partial charge is 0.120 e. The second-order valence-corrected chi connectivity index (χ2v) is 4.21. The maximum atomic E-state index is 4.13. The van der Waals surface area contributed by atoms with Crippen molar-refractivity contribution in [2.75, 3.05) is 11.6 Å². The molecule has 0 bridgehead atoms. The predicted octanol–water partition coefficient (Wildman–Crippen LogP) is 2.00. The Balaban J connectivity index is 0.00000108. The van der Waals surface area contributed by atoms with Crippen LogP contribution in [0.5, 0.6) is 0 Å². The number of nitrogens with zero attached hydrogens (tertiary/aromatic N) is 4. The molecule has 2 aromatic rings. The summed E-state index contributed by atoms with van der Waals surface area (Å²) < 4.78 is 4.38. The summed E-state index contributed by atoms with van der Waals surface area (Å²) in [6.07, 6.45) is 14.2. The summed E-state index contributed by atoms with van der Waals surface area (Å²) in [5, 5.41) is 2.37. The van der Waals surface area contributed by atoms with Gasteiger partial charge in [-0.25, -0.2) is 4.98 Å². The van der Waals surface area contributed by atoms with Gasteiger partial charge in [0.25, 0.3) is 0 Å². The molecule has 0 saturated carbocycles. The average Bonchev–Trinajstić information content (AvgIpc) is 3.03. The quantitative estimate of drug-likeness (QED) is 0.756. The number of aromatic nitrogens is 3. The van der Waals surface area contributed by atoms with Gasteiger partial charge in [-0.3, -0.25) is 9.69 Å². The number of imidazole rings is 1. The fourth-order valence-electron chi connectivity index (χ4n) is 2.42. The van der Waals surface area contributed by atoms with E-state index in [1.54, 1.807) is 0 Å². The molecule has 3 heterocycles. The van der Waals surface area contributed by atoms with E-state index in [1.807, 2.05) is 18.7 Å². The van der Waals surface area contributed by atoms with Crippen molar-refractivity contribution in [1.82, 2.24) is 14.2 Å². The van der Waals surface area contributed by atoms with Crippen molar-refractivity contribution in [3.05, 3.63) is 43.2 Å². The molecule has 1 atom stereocenters. The largest absolute Gasteiger partial charge is 0.332 e. The molecule has 1 unspecified atom stereocenters. The van der Waals surface area contributed by atoms with E-state index in [9.17, 15) is 0 Å². The van der Waals surface area contributed by atoms with Crippen LogP contribution in [-0.2, 0) is 21.1 Å². The van der Waals surface area contributed by atoms with Gasteiger partial charge in [0, 0.05) is 52.4 Å². The van der Waals surface area contributed by atoms with E-state index < -0.39 is 0 Å². The summed E-state index contributed by atoms with van der Waals surface area (Å²) in [6, 6.07) is 4.17. The molecular formula is C12H16N4Pt. The Morgan fingerprint density at radius 3 is 2.59 bits per heavy atom. The Labute approximate surface area is 115 Å². The molecule has 0 amide bonds. The summed E-state index contributed by atoms with van der Waals surface area (Å²) in [6.45, 7) is 1.10. The van der Waals surface area contributed by atoms with Gasteiger partial charge < -0.3 is 4.57 Å². The fourth-order valence-corrected chi connectivity index (χ4v) is 2.42. The van der Waals surface area contributed by atoms with Crippen LogP contribution in [-0.4, -0.2) is 20.8 Å². The van der Waals surface area contributed by atoms with Crippen molar-refractivity contribution in [1.29, 1.82) is 0 Å². The number of hydrogen-bond donors (Lipinski definition) is 0. The van der Waals surface area contributed by atoms with Crippen molar-refractivity contribution in [3.8, 4) is 0 Å². The van der Waals surface area contributed by atoms with E-state index in [-0.39, 0.29) is 21.1 Å². The molecule has 1 aliphatic heterocycles. The summed E-state index contributed by atoms with van der Waals surface area (Å²) >= 11 is 0. The number of piperidine rings is 1. The topological polar surface area (TPSA) is 26.0 Å². The van der Waals surface area contributed by atoms with Gasteiger partial charge in [-0.15, -0.1) is 0 Å². The molecule has 0 N–H and O–H groups in total. The van der Waals surface area contributed by atoms with Crippen LogP contribution in [0.4, 0.5) is 0 Å². The zero-order valence-corrected chi connectivity index (χ0v) is 11.8. The van der Waals surface area contributed by atoms with Gasteiger partial charge >= 0.3 is 0 Å². The first-order valence-electron chi connectivity index (χ1n) is 5.82. The van der Waals surface area contributed by atoms with E-state index in [0.717, 1.165) is 6.54 Å². The van der Waals surface area contributed by atoms with Gasteiger partial charge in [0.05, 0.1) is 0 Å². The molecular weight excluding hydrogens is 395 g/mol. The van der Waals surface area contributed by atoms with Crippen LogP contribution in [0.25, 0.3) is 0 Å². The zero-order chi connectivity index (χ0) is 10.8. The van der Waals surface area contributed by atoms with Gasteiger partial charge in [-0.2, -0.15) is 0 Å². The normalized spacial score (nSPS) is 20.0. The average molecular weight is 411 g/mol. The Kier molecular flexibility index (Phi) is 4.05. The first kappa shape index (κ1) is 12.4. The van der Waals surface area contributed by atoms with Gasteiger partial charge in [-0.1, -0.05) is 0 Å². The molecule has 94 valence electrons. The SMILES string of the molecule is [Pt].c1ccn(C2CCCCN2n2ccnc2)c1. The van der Waals surface area contributed by atoms with Crippen LogP contribution in [0, 0.1) is 0 Å². The van der Waals surface area contributed by atoms with E-state index in [4.69, 9.17) is 0 Å². The molecule has 0 aromatic carbocycles. The van der Waals surface area contributed by atoms with Crippen LogP contribution >= 0.6 is 0 Å². The maximum Gasteiger partial charge on any atom is 0.120 e. The Morgan fingerprint density at radius 2 is 1.88 bits per heavy atom. The van der Waals surface area contributed by atoms with Crippen LogP contribution in [0.1, 0.15) is 25.4 Å². The van der Waals surface area contributed by atoms with E-state index in [1.165, 1.54) is 19.3 Å². The van der Waals surface area contributed by atoms with E-state index in [2.05, 4.69) is 43.8 Å². The molecule has 2 aromatic heterocycles. The molecule has 5 heteroatoms. The fraction of sp³-hybridized carbons (Fsp3) is 0.417. The molecule has 0 radical (unpaired) electrons. The number of hydrogen-bond acceptors (Lipinski definition) is 2. The van der Waals surface area contributed by atoms with Gasteiger partial charge in [0.15, 0.2) is 0 Å². The van der Waals surface area contributed by atoms with E-state index in [0.29, 0.717) is 6.17 Å². The molecule has 1 fully saturated rings. The second kappa shape index (κ2) is 5.54. The molecule has 1 saturated heterocycles. The maximum absolute atomic E-state index is 4.13. The van der Waals surface area contributed by atoms with Crippen LogP contribution in [0.15, 0.2) is 43.2 Å². The molecule has 17 heavy (non-hydrogen) atoms. The van der Waals surface area contributed by atoms with Crippen LogP contribution in [0.3, 0.4) is 0 Å². The van der Waals surface area contributed by atoms with Gasteiger partial charge in [0.2, 0.25) is 0 Å². The minimum absolute atomic E-state index is 0. The Bertz CT molecular complexity index is 381. The second-order valence-electron chi connectivity index (χ2n) is 4.21. The van der Waals surface area contributed by atoms with Crippen molar-refractivity contribution in [2.24, 2.45) is 0 Å². The molecule has 1 aliphatic rings. The predicted molar refractivity (Wildman–Crippen MR) is 62.6 cm³/mol. The molecule has 3 rings (SSSR count).